The third-order valence-electron chi connectivity index (χ3n) is 8.55. The van der Waals surface area contributed by atoms with E-state index in [1.807, 2.05) is 26.8 Å². The lowest BCUT2D eigenvalue weighted by atomic mass is 10.1. The Bertz CT molecular complexity index is 2520. The summed E-state index contributed by atoms with van der Waals surface area (Å²) in [6, 6.07) is 13.8. The van der Waals surface area contributed by atoms with Crippen molar-refractivity contribution in [3.05, 3.63) is 103 Å². The van der Waals surface area contributed by atoms with Gasteiger partial charge in [0.25, 0.3) is 11.3 Å². The molecule has 1 aliphatic heterocycles. The van der Waals surface area contributed by atoms with Gasteiger partial charge in [0.05, 0.1) is 17.2 Å². The molecule has 0 radical (unpaired) electrons. The number of H-pyrrole nitrogens is 1. The molecule has 0 fully saturated rings. The average molecular weight is 715 g/mol. The third kappa shape index (κ3) is 6.58. The highest BCUT2D eigenvalue weighted by atomic mass is 32.2. The minimum absolute atomic E-state index is 0.0532. The maximum Gasteiger partial charge on any atom is 0.330 e. The molecule has 7 rings (SSSR count). The molecule has 5 heterocycles. The quantitative estimate of drug-likeness (QED) is 0.178. The van der Waals surface area contributed by atoms with Crippen molar-refractivity contribution in [1.29, 1.82) is 0 Å². The SMILES string of the molecule is CCn1c(CSc2nc3nc(C)cc(C)n3n2)nc2c1c(=O)[nH]c(=O)n2Cc1ccc(CNS(=O)(=O)c2ccc3c(c2)CCCC(=O)N3)cc1. The van der Waals surface area contributed by atoms with Crippen molar-refractivity contribution in [2.24, 2.45) is 0 Å². The zero-order valence-electron chi connectivity index (χ0n) is 27.6. The summed E-state index contributed by atoms with van der Waals surface area (Å²) in [7, 11) is -3.81. The highest BCUT2D eigenvalue weighted by molar-refractivity contribution is 7.98. The van der Waals surface area contributed by atoms with Crippen LogP contribution < -0.4 is 21.3 Å². The Hall–Kier alpha value is -5.13. The molecule has 1 amide bonds. The van der Waals surface area contributed by atoms with Crippen LogP contribution in [-0.2, 0) is 46.6 Å². The van der Waals surface area contributed by atoms with Gasteiger partial charge >= 0.3 is 5.69 Å². The average Bonchev–Trinajstić information content (AvgIpc) is 3.61. The van der Waals surface area contributed by atoms with Crippen molar-refractivity contribution in [2.75, 3.05) is 5.32 Å². The molecule has 0 unspecified atom stereocenters. The topological polar surface area (TPSA) is 191 Å². The Morgan fingerprint density at radius 2 is 1.72 bits per heavy atom. The van der Waals surface area contributed by atoms with Crippen molar-refractivity contribution in [3.63, 3.8) is 0 Å². The highest BCUT2D eigenvalue weighted by Gasteiger charge is 2.21. The maximum absolute atomic E-state index is 13.1. The van der Waals surface area contributed by atoms with E-state index in [1.54, 1.807) is 45.5 Å². The van der Waals surface area contributed by atoms with Crippen LogP contribution in [0.3, 0.4) is 0 Å². The molecule has 2 aromatic carbocycles. The van der Waals surface area contributed by atoms with Crippen molar-refractivity contribution >= 4 is 50.3 Å². The predicted molar refractivity (Wildman–Crippen MR) is 188 cm³/mol. The Kier molecular flexibility index (Phi) is 8.87. The van der Waals surface area contributed by atoms with Crippen LogP contribution in [0.15, 0.2) is 68.2 Å². The number of hydrogen-bond donors (Lipinski definition) is 3. The van der Waals surface area contributed by atoms with E-state index >= 15 is 0 Å². The Labute approximate surface area is 290 Å². The smallest absolute Gasteiger partial charge is 0.326 e. The molecule has 50 heavy (non-hydrogen) atoms. The van der Waals surface area contributed by atoms with Crippen molar-refractivity contribution in [1.82, 2.24) is 43.4 Å². The third-order valence-corrected chi connectivity index (χ3v) is 10.8. The molecule has 0 spiro atoms. The van der Waals surface area contributed by atoms with Crippen molar-refractivity contribution in [2.45, 2.75) is 75.5 Å². The van der Waals surface area contributed by atoms with Crippen LogP contribution in [0.4, 0.5) is 5.69 Å². The number of sulfonamides is 1. The molecule has 1 aliphatic rings. The summed E-state index contributed by atoms with van der Waals surface area (Å²) in [6.07, 6.45) is 1.66. The van der Waals surface area contributed by atoms with Gasteiger partial charge in [0.15, 0.2) is 11.2 Å². The standard InChI is InChI=1S/C33H34N10O5S2/c1-4-41-26(18-49-32-39-31-35-19(2)14-20(3)43(31)40-32)37-29-28(41)30(45)38-33(46)42(29)17-22-10-8-21(9-11-22)16-34-50(47,48)24-12-13-25-23(15-24)6-5-7-27(44)36-25/h8-15,34H,4-7,16-18H2,1-3H3,(H,36,44)(H,38,45,46). The summed E-state index contributed by atoms with van der Waals surface area (Å²) in [5, 5.41) is 7.88. The number of imidazole rings is 1. The monoisotopic (exact) mass is 714 g/mol. The molecule has 3 N–H and O–H groups in total. The van der Waals surface area contributed by atoms with Crippen LogP contribution in [0, 0.1) is 13.8 Å². The first-order valence-corrected chi connectivity index (χ1v) is 18.5. The largest absolute Gasteiger partial charge is 0.330 e. The molecule has 0 atom stereocenters. The molecule has 4 aromatic heterocycles. The van der Waals surface area contributed by atoms with Gasteiger partial charge in [-0.25, -0.2) is 32.4 Å². The number of rotatable bonds is 10. The van der Waals surface area contributed by atoms with Gasteiger partial charge in [0.2, 0.25) is 21.1 Å². The Morgan fingerprint density at radius 1 is 0.940 bits per heavy atom. The Balaban J connectivity index is 1.08. The number of carbonyl (C=O) groups excluding carboxylic acids is 1. The number of amides is 1. The second kappa shape index (κ2) is 13.3. The summed E-state index contributed by atoms with van der Waals surface area (Å²) < 4.78 is 33.7. The number of nitrogens with zero attached hydrogens (tertiary/aromatic N) is 7. The number of aromatic nitrogens is 8. The first kappa shape index (κ1) is 33.4. The molecule has 0 bridgehead atoms. The lowest BCUT2D eigenvalue weighted by Crippen LogP contribution is -2.31. The normalized spacial score (nSPS) is 13.5. The molecule has 0 aliphatic carbocycles. The van der Waals surface area contributed by atoms with E-state index in [-0.39, 0.29) is 29.5 Å². The number of nitrogens with one attached hydrogen (secondary N) is 3. The molecule has 15 nitrogen and oxygen atoms in total. The lowest BCUT2D eigenvalue weighted by molar-refractivity contribution is -0.116. The number of aromatic amines is 1. The van der Waals surface area contributed by atoms with Gasteiger partial charge in [0, 0.05) is 36.6 Å². The van der Waals surface area contributed by atoms with Crippen LogP contribution in [0.5, 0.6) is 0 Å². The first-order chi connectivity index (χ1) is 24.0. The lowest BCUT2D eigenvalue weighted by Gasteiger charge is -2.12. The van der Waals surface area contributed by atoms with E-state index in [2.05, 4.69) is 30.1 Å². The molecular weight excluding hydrogens is 681 g/mol. The van der Waals surface area contributed by atoms with Crippen LogP contribution >= 0.6 is 11.8 Å². The van der Waals surface area contributed by atoms with Gasteiger partial charge in [-0.05, 0) is 74.6 Å². The summed E-state index contributed by atoms with van der Waals surface area (Å²) in [5.74, 6) is 1.38. The second-order valence-corrected chi connectivity index (χ2v) is 14.8. The molecule has 17 heteroatoms. The number of fused-ring (bicyclic) bond motifs is 3. The highest BCUT2D eigenvalue weighted by Crippen LogP contribution is 2.26. The maximum atomic E-state index is 13.1. The number of thioether (sulfide) groups is 1. The first-order valence-electron chi connectivity index (χ1n) is 16.1. The summed E-state index contributed by atoms with van der Waals surface area (Å²) in [6.45, 7) is 6.38. The zero-order chi connectivity index (χ0) is 35.2. The van der Waals surface area contributed by atoms with E-state index in [0.717, 1.165) is 22.5 Å². The van der Waals surface area contributed by atoms with Gasteiger partial charge in [-0.3, -0.25) is 19.1 Å². The molecular formula is C33H34N10O5S2. The van der Waals surface area contributed by atoms with Crippen LogP contribution in [-0.4, -0.2) is 53.0 Å². The van der Waals surface area contributed by atoms with Gasteiger partial charge < -0.3 is 9.88 Å². The van der Waals surface area contributed by atoms with Crippen LogP contribution in [0.2, 0.25) is 0 Å². The summed E-state index contributed by atoms with van der Waals surface area (Å²) in [5.41, 5.74) is 4.12. The van der Waals surface area contributed by atoms with Crippen molar-refractivity contribution in [3.8, 4) is 0 Å². The fraction of sp³-hybridized carbons (Fsp3) is 0.303. The number of benzene rings is 2. The van der Waals surface area contributed by atoms with Crippen molar-refractivity contribution < 1.29 is 13.2 Å². The van der Waals surface area contributed by atoms with Gasteiger partial charge in [-0.15, -0.1) is 5.10 Å². The van der Waals surface area contributed by atoms with Gasteiger partial charge in [-0.1, -0.05) is 36.0 Å². The fourth-order valence-electron chi connectivity index (χ4n) is 6.08. The molecule has 0 saturated heterocycles. The minimum Gasteiger partial charge on any atom is -0.326 e. The van der Waals surface area contributed by atoms with E-state index in [0.29, 0.717) is 65.1 Å². The van der Waals surface area contributed by atoms with E-state index in [1.165, 1.54) is 22.4 Å². The molecule has 6 aromatic rings. The Morgan fingerprint density at radius 3 is 2.50 bits per heavy atom. The fourth-order valence-corrected chi connectivity index (χ4v) is 7.91. The summed E-state index contributed by atoms with van der Waals surface area (Å²) in [4.78, 5) is 54.2. The number of hydrogen-bond acceptors (Lipinski definition) is 10. The molecule has 0 saturated carbocycles. The predicted octanol–water partition coefficient (Wildman–Crippen LogP) is 3.05. The number of carbonyl (C=O) groups is 1. The van der Waals surface area contributed by atoms with E-state index in [9.17, 15) is 22.8 Å². The second-order valence-electron chi connectivity index (χ2n) is 12.1. The summed E-state index contributed by atoms with van der Waals surface area (Å²) >= 11 is 1.36. The number of aryl methyl sites for hydroxylation is 4. The van der Waals surface area contributed by atoms with Gasteiger partial charge in [-0.2, -0.15) is 4.98 Å². The number of anilines is 1. The minimum atomic E-state index is -3.81. The van der Waals surface area contributed by atoms with E-state index < -0.39 is 21.3 Å². The van der Waals surface area contributed by atoms with Crippen LogP contribution in [0.1, 0.15) is 53.7 Å². The molecule has 258 valence electrons. The van der Waals surface area contributed by atoms with Crippen LogP contribution in [0.25, 0.3) is 16.9 Å². The van der Waals surface area contributed by atoms with Gasteiger partial charge in [0.1, 0.15) is 5.82 Å². The van der Waals surface area contributed by atoms with E-state index in [4.69, 9.17) is 4.98 Å². The zero-order valence-corrected chi connectivity index (χ0v) is 29.2.